The van der Waals surface area contributed by atoms with Crippen LogP contribution in [-0.4, -0.2) is 61.3 Å². The Balaban J connectivity index is 2.19. The van der Waals surface area contributed by atoms with Gasteiger partial charge in [-0.25, -0.2) is 0 Å². The van der Waals surface area contributed by atoms with Crippen molar-refractivity contribution < 1.29 is 13.2 Å². The predicted octanol–water partition coefficient (Wildman–Crippen LogP) is 2.32. The monoisotopic (exact) mass is 295 g/mol. The number of hydrogen-bond donors (Lipinski definition) is 1. The van der Waals surface area contributed by atoms with Crippen molar-refractivity contribution in [1.82, 2.24) is 9.80 Å². The number of nitrogens with zero attached hydrogens (tertiary/aromatic N) is 2. The molecular formula is C14H28F3N3. The first-order valence-electron chi connectivity index (χ1n) is 7.32. The molecule has 20 heavy (non-hydrogen) atoms. The summed E-state index contributed by atoms with van der Waals surface area (Å²) in [6.07, 6.45) is -2.20. The Bertz CT molecular complexity index is 278. The standard InChI is InChI=1S/C14H28F3N3/c1-13(2,3)10-12(18)4-5-19-6-8-20(9-7-19)11-14(15,16)17/h12H,4-11,18H2,1-3H3. The SMILES string of the molecule is CC(C)(C)CC(N)CCN1CCN(CC(F)(F)F)CC1. The van der Waals surface area contributed by atoms with Gasteiger partial charge in [0.15, 0.2) is 0 Å². The third-order valence-electron chi connectivity index (χ3n) is 3.56. The van der Waals surface area contributed by atoms with Gasteiger partial charge in [-0.15, -0.1) is 0 Å². The first-order valence-corrected chi connectivity index (χ1v) is 7.32. The molecule has 0 aromatic rings. The molecule has 0 aromatic heterocycles. The van der Waals surface area contributed by atoms with Crippen LogP contribution in [0.25, 0.3) is 0 Å². The molecule has 120 valence electrons. The van der Waals surface area contributed by atoms with Gasteiger partial charge in [0.1, 0.15) is 0 Å². The highest BCUT2D eigenvalue weighted by Crippen LogP contribution is 2.21. The van der Waals surface area contributed by atoms with Crippen molar-refractivity contribution in [1.29, 1.82) is 0 Å². The Morgan fingerprint density at radius 3 is 1.95 bits per heavy atom. The summed E-state index contributed by atoms with van der Waals surface area (Å²) in [5, 5.41) is 0. The Labute approximate surface area is 120 Å². The van der Waals surface area contributed by atoms with Crippen molar-refractivity contribution >= 4 is 0 Å². The van der Waals surface area contributed by atoms with Crippen molar-refractivity contribution in [2.24, 2.45) is 11.1 Å². The highest BCUT2D eigenvalue weighted by atomic mass is 19.4. The van der Waals surface area contributed by atoms with Crippen LogP contribution in [0.3, 0.4) is 0 Å². The lowest BCUT2D eigenvalue weighted by molar-refractivity contribution is -0.149. The average molecular weight is 295 g/mol. The molecule has 6 heteroatoms. The smallest absolute Gasteiger partial charge is 0.328 e. The van der Waals surface area contributed by atoms with Gasteiger partial charge < -0.3 is 10.6 Å². The second kappa shape index (κ2) is 7.09. The Kier molecular flexibility index (Phi) is 6.28. The van der Waals surface area contributed by atoms with Gasteiger partial charge in [0, 0.05) is 32.2 Å². The number of rotatable bonds is 5. The molecule has 1 rings (SSSR count). The van der Waals surface area contributed by atoms with Gasteiger partial charge in [0.25, 0.3) is 0 Å². The van der Waals surface area contributed by atoms with Crippen LogP contribution in [0, 0.1) is 5.41 Å². The first kappa shape index (κ1) is 17.7. The van der Waals surface area contributed by atoms with Gasteiger partial charge in [-0.05, 0) is 24.8 Å². The second-order valence-corrected chi connectivity index (χ2v) is 7.05. The zero-order valence-electron chi connectivity index (χ0n) is 12.8. The van der Waals surface area contributed by atoms with Crippen LogP contribution in [0.15, 0.2) is 0 Å². The Morgan fingerprint density at radius 1 is 1.00 bits per heavy atom. The van der Waals surface area contributed by atoms with Gasteiger partial charge in [0.2, 0.25) is 0 Å². The molecule has 3 nitrogen and oxygen atoms in total. The molecule has 1 unspecified atom stereocenters. The van der Waals surface area contributed by atoms with Crippen molar-refractivity contribution in [3.63, 3.8) is 0 Å². The molecule has 1 saturated heterocycles. The van der Waals surface area contributed by atoms with E-state index in [1.54, 1.807) is 0 Å². The number of nitrogens with two attached hydrogens (primary N) is 1. The molecule has 1 aliphatic heterocycles. The van der Waals surface area contributed by atoms with E-state index in [2.05, 4.69) is 25.7 Å². The maximum atomic E-state index is 12.3. The van der Waals surface area contributed by atoms with Gasteiger partial charge in [-0.3, -0.25) is 4.90 Å². The summed E-state index contributed by atoms with van der Waals surface area (Å²) in [5.41, 5.74) is 6.33. The van der Waals surface area contributed by atoms with Crippen LogP contribution in [-0.2, 0) is 0 Å². The van der Waals surface area contributed by atoms with Crippen LogP contribution in [0.5, 0.6) is 0 Å². The minimum atomic E-state index is -4.09. The lowest BCUT2D eigenvalue weighted by Crippen LogP contribution is -2.49. The topological polar surface area (TPSA) is 32.5 Å². The van der Waals surface area contributed by atoms with Crippen molar-refractivity contribution in [2.45, 2.75) is 45.8 Å². The van der Waals surface area contributed by atoms with E-state index < -0.39 is 12.7 Å². The van der Waals surface area contributed by atoms with E-state index >= 15 is 0 Å². The Hall–Kier alpha value is -0.330. The molecule has 2 N–H and O–H groups in total. The Morgan fingerprint density at radius 2 is 1.50 bits per heavy atom. The highest BCUT2D eigenvalue weighted by Gasteiger charge is 2.32. The third kappa shape index (κ3) is 8.07. The summed E-state index contributed by atoms with van der Waals surface area (Å²) in [6.45, 7) is 9.01. The molecule has 0 radical (unpaired) electrons. The molecule has 0 aliphatic carbocycles. The molecular weight excluding hydrogens is 267 g/mol. The fraction of sp³-hybridized carbons (Fsp3) is 1.00. The zero-order valence-corrected chi connectivity index (χ0v) is 12.8. The summed E-state index contributed by atoms with van der Waals surface area (Å²) >= 11 is 0. The van der Waals surface area contributed by atoms with Crippen LogP contribution < -0.4 is 5.73 Å². The normalized spacial score (nSPS) is 21.1. The van der Waals surface area contributed by atoms with E-state index in [9.17, 15) is 13.2 Å². The summed E-state index contributed by atoms with van der Waals surface area (Å²) < 4.78 is 36.8. The van der Waals surface area contributed by atoms with Crippen LogP contribution >= 0.6 is 0 Å². The largest absolute Gasteiger partial charge is 0.401 e. The van der Waals surface area contributed by atoms with E-state index in [-0.39, 0.29) is 11.5 Å². The molecule has 0 amide bonds. The van der Waals surface area contributed by atoms with E-state index in [1.165, 1.54) is 4.90 Å². The molecule has 1 atom stereocenters. The number of hydrogen-bond acceptors (Lipinski definition) is 3. The summed E-state index contributed by atoms with van der Waals surface area (Å²) in [6, 6.07) is 0.170. The first-order chi connectivity index (χ1) is 9.05. The maximum Gasteiger partial charge on any atom is 0.401 e. The van der Waals surface area contributed by atoms with E-state index in [1.807, 2.05) is 0 Å². The minimum Gasteiger partial charge on any atom is -0.328 e. The number of piperazine rings is 1. The maximum absolute atomic E-state index is 12.3. The molecule has 0 bridgehead atoms. The summed E-state index contributed by atoms with van der Waals surface area (Å²) in [7, 11) is 0. The average Bonchev–Trinajstić information content (AvgIpc) is 2.23. The zero-order chi connectivity index (χ0) is 15.4. The molecule has 0 spiro atoms. The van der Waals surface area contributed by atoms with Gasteiger partial charge in [0.05, 0.1) is 6.54 Å². The van der Waals surface area contributed by atoms with Gasteiger partial charge in [-0.1, -0.05) is 20.8 Å². The quantitative estimate of drug-likeness (QED) is 0.845. The minimum absolute atomic E-state index is 0.170. The molecule has 1 fully saturated rings. The van der Waals surface area contributed by atoms with Crippen molar-refractivity contribution in [2.75, 3.05) is 39.3 Å². The molecule has 1 aliphatic rings. The van der Waals surface area contributed by atoms with Crippen LogP contribution in [0.2, 0.25) is 0 Å². The summed E-state index contributed by atoms with van der Waals surface area (Å²) in [4.78, 5) is 3.70. The number of alkyl halides is 3. The van der Waals surface area contributed by atoms with E-state index in [0.717, 1.165) is 19.4 Å². The number of halogens is 3. The predicted molar refractivity (Wildman–Crippen MR) is 75.6 cm³/mol. The van der Waals surface area contributed by atoms with Crippen LogP contribution in [0.1, 0.15) is 33.6 Å². The van der Waals surface area contributed by atoms with Crippen molar-refractivity contribution in [3.8, 4) is 0 Å². The fourth-order valence-electron chi connectivity index (χ4n) is 2.66. The van der Waals surface area contributed by atoms with Crippen molar-refractivity contribution in [3.05, 3.63) is 0 Å². The third-order valence-corrected chi connectivity index (χ3v) is 3.56. The summed E-state index contributed by atoms with van der Waals surface area (Å²) in [5.74, 6) is 0. The molecule has 0 aromatic carbocycles. The second-order valence-electron chi connectivity index (χ2n) is 7.05. The van der Waals surface area contributed by atoms with E-state index in [4.69, 9.17) is 5.73 Å². The molecule has 1 heterocycles. The van der Waals surface area contributed by atoms with E-state index in [0.29, 0.717) is 26.2 Å². The van der Waals surface area contributed by atoms with Crippen LogP contribution in [0.4, 0.5) is 13.2 Å². The van der Waals surface area contributed by atoms with Gasteiger partial charge >= 0.3 is 6.18 Å². The van der Waals surface area contributed by atoms with Gasteiger partial charge in [-0.2, -0.15) is 13.2 Å². The fourth-order valence-corrected chi connectivity index (χ4v) is 2.66. The lowest BCUT2D eigenvalue weighted by Gasteiger charge is -2.35. The lowest BCUT2D eigenvalue weighted by atomic mass is 9.87. The molecule has 0 saturated carbocycles. The highest BCUT2D eigenvalue weighted by molar-refractivity contribution is 4.77.